The van der Waals surface area contributed by atoms with Crippen LogP contribution < -0.4 is 21.5 Å². The Morgan fingerprint density at radius 3 is 2.75 bits per heavy atom. The number of pyridine rings is 1. The molecular weight excluding hydrogens is 595 g/mol. The standard InChI is InChI=1S/C29H30ClFN8O5/c1-36-5-6-44-29(13-36)3-4-38(14-29)22-9-21(19(30)10-33-22)35-23(40)12-39-11-18(24-27(39)34-15-37(2)28(24)43)16-7-17(26(32)42)25(41)20(31)8-16/h7-11,15,41H,3-6,12-14H2,1-2H3,(H2,32,42)(H,33,35,40). The topological polar surface area (TPSA) is 161 Å². The third kappa shape index (κ3) is 5.36. The minimum atomic E-state index is -1.09. The van der Waals surface area contributed by atoms with Gasteiger partial charge in [0.15, 0.2) is 11.6 Å². The van der Waals surface area contributed by atoms with Gasteiger partial charge in [-0.2, -0.15) is 0 Å². The van der Waals surface area contributed by atoms with Gasteiger partial charge in [0.2, 0.25) is 5.91 Å². The minimum absolute atomic E-state index is 0.0890. The largest absolute Gasteiger partial charge is 0.504 e. The molecule has 44 heavy (non-hydrogen) atoms. The first-order chi connectivity index (χ1) is 20.9. The highest BCUT2D eigenvalue weighted by molar-refractivity contribution is 6.33. The summed E-state index contributed by atoms with van der Waals surface area (Å²) in [6.07, 6.45) is 5.09. The molecular formula is C29H30ClFN8O5. The van der Waals surface area contributed by atoms with Gasteiger partial charge in [0, 0.05) is 51.1 Å². The fraction of sp³-hybridized carbons (Fsp3) is 0.345. The van der Waals surface area contributed by atoms with E-state index in [1.54, 1.807) is 6.07 Å². The predicted molar refractivity (Wildman–Crippen MR) is 161 cm³/mol. The Hall–Kier alpha value is -4.53. The zero-order valence-electron chi connectivity index (χ0n) is 24.0. The molecule has 2 amide bonds. The van der Waals surface area contributed by atoms with Gasteiger partial charge in [0.05, 0.1) is 46.4 Å². The number of primary amides is 1. The second-order valence-electron chi connectivity index (χ2n) is 11.3. The van der Waals surface area contributed by atoms with Crippen LogP contribution in [0.1, 0.15) is 16.8 Å². The Morgan fingerprint density at radius 2 is 2.00 bits per heavy atom. The Balaban J connectivity index is 1.28. The number of aromatic hydroxyl groups is 1. The van der Waals surface area contributed by atoms with E-state index in [1.807, 2.05) is 0 Å². The molecule has 2 fully saturated rings. The van der Waals surface area contributed by atoms with E-state index in [2.05, 4.69) is 32.1 Å². The lowest BCUT2D eigenvalue weighted by Gasteiger charge is -2.38. The van der Waals surface area contributed by atoms with Gasteiger partial charge >= 0.3 is 0 Å². The van der Waals surface area contributed by atoms with Crippen molar-refractivity contribution in [2.45, 2.75) is 18.6 Å². The van der Waals surface area contributed by atoms with E-state index in [0.717, 1.165) is 32.1 Å². The quantitative estimate of drug-likeness (QED) is 0.291. The van der Waals surface area contributed by atoms with E-state index in [1.165, 1.54) is 41.0 Å². The van der Waals surface area contributed by atoms with Gasteiger partial charge in [0.25, 0.3) is 11.5 Å². The summed E-state index contributed by atoms with van der Waals surface area (Å²) in [5, 5.41) is 13.1. The number of nitrogens with zero attached hydrogens (tertiary/aromatic N) is 6. The van der Waals surface area contributed by atoms with Crippen molar-refractivity contribution in [1.29, 1.82) is 0 Å². The number of anilines is 2. The number of phenols is 1. The summed E-state index contributed by atoms with van der Waals surface area (Å²) >= 11 is 6.41. The average molecular weight is 625 g/mol. The number of benzene rings is 1. The molecule has 1 spiro atoms. The monoisotopic (exact) mass is 624 g/mol. The summed E-state index contributed by atoms with van der Waals surface area (Å²) in [5.41, 5.74) is 4.95. The number of carbonyl (C=O) groups is 2. The van der Waals surface area contributed by atoms with E-state index < -0.39 is 34.5 Å². The molecule has 0 aliphatic carbocycles. The number of fused-ring (bicyclic) bond motifs is 1. The van der Waals surface area contributed by atoms with Crippen molar-refractivity contribution in [3.63, 3.8) is 0 Å². The number of morpholine rings is 1. The molecule has 2 saturated heterocycles. The van der Waals surface area contributed by atoms with Crippen LogP contribution in [0.4, 0.5) is 15.9 Å². The lowest BCUT2D eigenvalue weighted by Crippen LogP contribution is -2.52. The number of halogens is 2. The fourth-order valence-corrected chi connectivity index (χ4v) is 6.06. The van der Waals surface area contributed by atoms with E-state index in [9.17, 15) is 23.9 Å². The number of likely N-dealkylation sites (N-methyl/N-ethyl adjacent to an activating group) is 1. The van der Waals surface area contributed by atoms with Crippen LogP contribution in [0.25, 0.3) is 22.2 Å². The Labute approximate surface area is 255 Å². The second kappa shape index (κ2) is 11.2. The van der Waals surface area contributed by atoms with Crippen LogP contribution in [0.5, 0.6) is 5.75 Å². The third-order valence-electron chi connectivity index (χ3n) is 8.09. The summed E-state index contributed by atoms with van der Waals surface area (Å²) in [4.78, 5) is 51.5. The lowest BCUT2D eigenvalue weighted by atomic mass is 10.0. The van der Waals surface area contributed by atoms with Crippen LogP contribution in [-0.2, 0) is 23.1 Å². The van der Waals surface area contributed by atoms with Crippen LogP contribution in [0, 0.1) is 5.82 Å². The molecule has 2 aliphatic heterocycles. The number of carbonyl (C=O) groups excluding carboxylic acids is 2. The molecule has 6 rings (SSSR count). The average Bonchev–Trinajstić information content (AvgIpc) is 3.54. The molecule has 2 aliphatic rings. The van der Waals surface area contributed by atoms with Gasteiger partial charge in [-0.3, -0.25) is 14.4 Å². The van der Waals surface area contributed by atoms with Crippen molar-refractivity contribution in [1.82, 2.24) is 24.0 Å². The van der Waals surface area contributed by atoms with Gasteiger partial charge in [-0.25, -0.2) is 14.4 Å². The second-order valence-corrected chi connectivity index (χ2v) is 11.7. The maximum absolute atomic E-state index is 14.6. The summed E-state index contributed by atoms with van der Waals surface area (Å²) in [7, 11) is 3.57. The molecule has 1 atom stereocenters. The maximum Gasteiger partial charge on any atom is 0.263 e. The highest BCUT2D eigenvalue weighted by Crippen LogP contribution is 2.35. The van der Waals surface area contributed by atoms with E-state index in [4.69, 9.17) is 22.1 Å². The fourth-order valence-electron chi connectivity index (χ4n) is 5.91. The summed E-state index contributed by atoms with van der Waals surface area (Å²) in [6, 6.07) is 3.87. The number of nitrogens with two attached hydrogens (primary N) is 1. The zero-order valence-corrected chi connectivity index (χ0v) is 24.8. The van der Waals surface area contributed by atoms with E-state index in [0.29, 0.717) is 24.7 Å². The van der Waals surface area contributed by atoms with Gasteiger partial charge < -0.3 is 39.8 Å². The number of ether oxygens (including phenoxy) is 1. The van der Waals surface area contributed by atoms with E-state index in [-0.39, 0.29) is 39.3 Å². The van der Waals surface area contributed by atoms with Crippen molar-refractivity contribution >= 4 is 46.0 Å². The molecule has 0 bridgehead atoms. The smallest absolute Gasteiger partial charge is 0.263 e. The number of aryl methyl sites for hydroxylation is 1. The molecule has 4 aromatic rings. The van der Waals surface area contributed by atoms with Crippen molar-refractivity contribution in [3.05, 3.63) is 63.7 Å². The number of amides is 2. The molecule has 230 valence electrons. The van der Waals surface area contributed by atoms with Gasteiger partial charge in [-0.15, -0.1) is 0 Å². The molecule has 3 aromatic heterocycles. The number of rotatable bonds is 6. The highest BCUT2D eigenvalue weighted by atomic mass is 35.5. The van der Waals surface area contributed by atoms with Crippen LogP contribution in [0.3, 0.4) is 0 Å². The minimum Gasteiger partial charge on any atom is -0.504 e. The van der Waals surface area contributed by atoms with Crippen LogP contribution in [-0.4, -0.2) is 86.4 Å². The van der Waals surface area contributed by atoms with Crippen molar-refractivity contribution in [3.8, 4) is 16.9 Å². The molecule has 1 unspecified atom stereocenters. The van der Waals surface area contributed by atoms with Gasteiger partial charge in [-0.05, 0) is 31.2 Å². The van der Waals surface area contributed by atoms with Gasteiger partial charge in [0.1, 0.15) is 18.0 Å². The molecule has 13 nitrogen and oxygen atoms in total. The molecule has 1 aromatic carbocycles. The zero-order chi connectivity index (χ0) is 31.3. The lowest BCUT2D eigenvalue weighted by molar-refractivity contribution is -0.116. The number of aromatic nitrogens is 4. The Morgan fingerprint density at radius 1 is 1.20 bits per heavy atom. The summed E-state index contributed by atoms with van der Waals surface area (Å²) in [6.45, 7) is 3.51. The van der Waals surface area contributed by atoms with Crippen molar-refractivity contribution < 1.29 is 23.8 Å². The normalized spacial score (nSPS) is 18.8. The molecule has 5 heterocycles. The molecule has 0 radical (unpaired) electrons. The first-order valence-corrected chi connectivity index (χ1v) is 14.2. The maximum atomic E-state index is 14.6. The van der Waals surface area contributed by atoms with Crippen molar-refractivity contribution in [2.24, 2.45) is 12.8 Å². The molecule has 4 N–H and O–H groups in total. The third-order valence-corrected chi connectivity index (χ3v) is 8.39. The number of hydrogen-bond donors (Lipinski definition) is 3. The number of nitrogens with one attached hydrogen (secondary N) is 1. The first kappa shape index (κ1) is 29.5. The highest BCUT2D eigenvalue weighted by Gasteiger charge is 2.42. The molecule has 0 saturated carbocycles. The van der Waals surface area contributed by atoms with Crippen LogP contribution in [0.2, 0.25) is 5.02 Å². The first-order valence-electron chi connectivity index (χ1n) is 13.8. The molecule has 15 heteroatoms. The van der Waals surface area contributed by atoms with Crippen molar-refractivity contribution in [2.75, 3.05) is 50.1 Å². The Kier molecular flexibility index (Phi) is 7.51. The van der Waals surface area contributed by atoms with E-state index >= 15 is 0 Å². The van der Waals surface area contributed by atoms with Crippen LogP contribution in [0.15, 0.2) is 41.7 Å². The van der Waals surface area contributed by atoms with Gasteiger partial charge in [-0.1, -0.05) is 11.6 Å². The SMILES string of the molecule is CN1CCOC2(CCN(c3cc(NC(=O)Cn4cc(-c5cc(F)c(O)c(C(N)=O)c5)c5c(=O)n(C)cnc54)c(Cl)cn3)C2)C1. The summed E-state index contributed by atoms with van der Waals surface area (Å²) < 4.78 is 23.4. The summed E-state index contributed by atoms with van der Waals surface area (Å²) in [5.74, 6) is -2.86. The predicted octanol–water partition coefficient (Wildman–Crippen LogP) is 1.94. The number of hydrogen-bond acceptors (Lipinski definition) is 9. The Bertz CT molecular complexity index is 1880. The van der Waals surface area contributed by atoms with Crippen LogP contribution >= 0.6 is 11.6 Å².